The van der Waals surface area contributed by atoms with Gasteiger partial charge in [0.1, 0.15) is 5.75 Å². The Bertz CT molecular complexity index is 1100. The van der Waals surface area contributed by atoms with Crippen LogP contribution in [0.15, 0.2) is 48.7 Å². The monoisotopic (exact) mass is 430 g/mol. The zero-order valence-corrected chi connectivity index (χ0v) is 16.5. The van der Waals surface area contributed by atoms with E-state index < -0.39 is 11.7 Å². The van der Waals surface area contributed by atoms with Gasteiger partial charge in [0.05, 0.1) is 31.1 Å². The maximum atomic E-state index is 12.7. The lowest BCUT2D eigenvalue weighted by atomic mass is 10.1. The van der Waals surface area contributed by atoms with Gasteiger partial charge in [-0.15, -0.1) is 0 Å². The second-order valence-electron chi connectivity index (χ2n) is 8.08. The molecule has 31 heavy (non-hydrogen) atoms. The van der Waals surface area contributed by atoms with Crippen molar-refractivity contribution < 1.29 is 27.4 Å². The highest BCUT2D eigenvalue weighted by molar-refractivity contribution is 6.03. The Morgan fingerprint density at radius 1 is 1.13 bits per heavy atom. The Morgan fingerprint density at radius 2 is 1.87 bits per heavy atom. The van der Waals surface area contributed by atoms with E-state index >= 15 is 0 Å². The number of hydrogen-bond acceptors (Lipinski definition) is 3. The number of nitrogens with one attached hydrogen (secondary N) is 2. The van der Waals surface area contributed by atoms with E-state index in [4.69, 9.17) is 9.47 Å². The second-order valence-corrected chi connectivity index (χ2v) is 8.08. The Balaban J connectivity index is 1.21. The van der Waals surface area contributed by atoms with Crippen molar-refractivity contribution in [3.8, 4) is 5.75 Å². The molecule has 2 aliphatic rings. The lowest BCUT2D eigenvalue weighted by Gasteiger charge is -2.09. The van der Waals surface area contributed by atoms with Gasteiger partial charge in [-0.05, 0) is 47.7 Å². The van der Waals surface area contributed by atoms with Gasteiger partial charge in [-0.2, -0.15) is 13.2 Å². The molecule has 2 atom stereocenters. The molecule has 1 aromatic heterocycles. The highest BCUT2D eigenvalue weighted by atomic mass is 19.4. The summed E-state index contributed by atoms with van der Waals surface area (Å²) in [5.74, 6) is 1.37. The molecule has 1 aliphatic heterocycles. The van der Waals surface area contributed by atoms with Crippen LogP contribution in [-0.4, -0.2) is 30.7 Å². The number of ether oxygens (including phenoxy) is 2. The average Bonchev–Trinajstić information content (AvgIpc) is 3.05. The minimum Gasteiger partial charge on any atom is -0.493 e. The number of carbonyl (C=O) groups excluding carboxylic acids is 1. The Morgan fingerprint density at radius 3 is 2.58 bits per heavy atom. The summed E-state index contributed by atoms with van der Waals surface area (Å²) in [6, 6.07) is 10.6. The normalized spacial score (nSPS) is 22.4. The van der Waals surface area contributed by atoms with Crippen LogP contribution in [0, 0.1) is 17.8 Å². The van der Waals surface area contributed by atoms with Gasteiger partial charge in [0.15, 0.2) is 0 Å². The zero-order valence-electron chi connectivity index (χ0n) is 16.5. The SMILES string of the molecule is O=C(Nc1c[nH]c2ccc(OCCc3ccc(C(F)(F)F)cc3)cc12)C1C2COCC21. The van der Waals surface area contributed by atoms with Gasteiger partial charge in [-0.3, -0.25) is 4.79 Å². The van der Waals surface area contributed by atoms with Crippen molar-refractivity contribution in [3.63, 3.8) is 0 Å². The number of alkyl halides is 3. The average molecular weight is 430 g/mol. The van der Waals surface area contributed by atoms with Gasteiger partial charge in [0.25, 0.3) is 0 Å². The summed E-state index contributed by atoms with van der Waals surface area (Å²) in [6.45, 7) is 1.65. The molecule has 3 aromatic rings. The summed E-state index contributed by atoms with van der Waals surface area (Å²) in [5.41, 5.74) is 1.69. The number of aromatic nitrogens is 1. The van der Waals surface area contributed by atoms with Crippen molar-refractivity contribution in [1.29, 1.82) is 0 Å². The second kappa shape index (κ2) is 7.60. The third-order valence-electron chi connectivity index (χ3n) is 6.11. The van der Waals surface area contributed by atoms with Crippen LogP contribution in [0.25, 0.3) is 10.9 Å². The number of halogens is 3. The van der Waals surface area contributed by atoms with Crippen molar-refractivity contribution >= 4 is 22.5 Å². The van der Waals surface area contributed by atoms with Crippen molar-refractivity contribution in [1.82, 2.24) is 4.98 Å². The summed E-state index contributed by atoms with van der Waals surface area (Å²) in [7, 11) is 0. The number of fused-ring (bicyclic) bond motifs is 2. The minimum absolute atomic E-state index is 0.0211. The summed E-state index contributed by atoms with van der Waals surface area (Å²) in [6.07, 6.45) is -2.08. The van der Waals surface area contributed by atoms with E-state index in [1.54, 1.807) is 6.20 Å². The first-order valence-electron chi connectivity index (χ1n) is 10.2. The molecule has 2 fully saturated rings. The van der Waals surface area contributed by atoms with Gasteiger partial charge >= 0.3 is 6.18 Å². The molecule has 1 saturated heterocycles. The van der Waals surface area contributed by atoms with Crippen LogP contribution in [0.1, 0.15) is 11.1 Å². The predicted octanol–water partition coefficient (Wildman–Crippen LogP) is 4.64. The summed E-state index contributed by atoms with van der Waals surface area (Å²) in [5, 5.41) is 3.86. The molecular formula is C23H21F3N2O3. The van der Waals surface area contributed by atoms with Gasteiger partial charge in [-0.25, -0.2) is 0 Å². The third-order valence-corrected chi connectivity index (χ3v) is 6.11. The van der Waals surface area contributed by atoms with Crippen LogP contribution in [0.5, 0.6) is 5.75 Å². The van der Waals surface area contributed by atoms with E-state index in [1.165, 1.54) is 12.1 Å². The molecule has 0 bridgehead atoms. The molecule has 5 rings (SSSR count). The molecule has 2 aromatic carbocycles. The van der Waals surface area contributed by atoms with Crippen LogP contribution in [0.2, 0.25) is 0 Å². The fourth-order valence-electron chi connectivity index (χ4n) is 4.28. The molecule has 1 aliphatic carbocycles. The molecule has 2 unspecified atom stereocenters. The lowest BCUT2D eigenvalue weighted by molar-refractivity contribution is -0.137. The van der Waals surface area contributed by atoms with Crippen molar-refractivity contribution in [2.75, 3.05) is 25.1 Å². The van der Waals surface area contributed by atoms with Crippen molar-refractivity contribution in [2.24, 2.45) is 17.8 Å². The largest absolute Gasteiger partial charge is 0.493 e. The molecule has 1 saturated carbocycles. The molecule has 2 N–H and O–H groups in total. The summed E-state index contributed by atoms with van der Waals surface area (Å²) in [4.78, 5) is 15.7. The Hall–Kier alpha value is -3.00. The first-order chi connectivity index (χ1) is 14.9. The van der Waals surface area contributed by atoms with Crippen LogP contribution in [-0.2, 0) is 22.1 Å². The van der Waals surface area contributed by atoms with E-state index in [-0.39, 0.29) is 11.8 Å². The van der Waals surface area contributed by atoms with Gasteiger partial charge in [-0.1, -0.05) is 12.1 Å². The molecule has 2 heterocycles. The quantitative estimate of drug-likeness (QED) is 0.599. The maximum absolute atomic E-state index is 12.7. The number of amides is 1. The van der Waals surface area contributed by atoms with Crippen molar-refractivity contribution in [3.05, 3.63) is 59.8 Å². The van der Waals surface area contributed by atoms with E-state index in [2.05, 4.69) is 10.3 Å². The molecular weight excluding hydrogens is 409 g/mol. The van der Waals surface area contributed by atoms with Crippen molar-refractivity contribution in [2.45, 2.75) is 12.6 Å². The highest BCUT2D eigenvalue weighted by Crippen LogP contribution is 2.51. The van der Waals surface area contributed by atoms with Crippen LogP contribution in [0.3, 0.4) is 0 Å². The fraction of sp³-hybridized carbons (Fsp3) is 0.348. The molecule has 0 radical (unpaired) electrons. The number of anilines is 1. The lowest BCUT2D eigenvalue weighted by Crippen LogP contribution is -2.18. The number of aromatic amines is 1. The maximum Gasteiger partial charge on any atom is 0.416 e. The van der Waals surface area contributed by atoms with E-state index in [0.29, 0.717) is 49.5 Å². The molecule has 1 amide bonds. The number of benzene rings is 2. The van der Waals surface area contributed by atoms with E-state index in [0.717, 1.165) is 28.6 Å². The number of rotatable bonds is 6. The highest BCUT2D eigenvalue weighted by Gasteiger charge is 2.58. The van der Waals surface area contributed by atoms with Gasteiger partial charge < -0.3 is 19.8 Å². The topological polar surface area (TPSA) is 63.4 Å². The Labute approximate surface area is 176 Å². The Kier molecular flexibility index (Phi) is 4.89. The molecule has 5 nitrogen and oxygen atoms in total. The van der Waals surface area contributed by atoms with Gasteiger partial charge in [0, 0.05) is 29.4 Å². The predicted molar refractivity (Wildman–Crippen MR) is 109 cm³/mol. The minimum atomic E-state index is -4.33. The number of H-pyrrole nitrogens is 1. The standard InChI is InChI=1S/C23H21F3N2O3/c24-23(25,26)14-3-1-13(2-4-14)7-8-31-15-5-6-19-16(9-15)20(10-27-19)28-22(29)21-17-11-30-12-18(17)21/h1-6,9-10,17-18,21,27H,7-8,11-12H2,(H,28,29). The third kappa shape index (κ3) is 3.99. The summed E-state index contributed by atoms with van der Waals surface area (Å²) >= 11 is 0. The summed E-state index contributed by atoms with van der Waals surface area (Å²) < 4.78 is 49.1. The molecule has 8 heteroatoms. The van der Waals surface area contributed by atoms with Crippen LogP contribution < -0.4 is 10.1 Å². The number of hydrogen-bond donors (Lipinski definition) is 2. The van der Waals surface area contributed by atoms with Crippen LogP contribution >= 0.6 is 0 Å². The molecule has 0 spiro atoms. The van der Waals surface area contributed by atoms with E-state index in [9.17, 15) is 18.0 Å². The number of carbonyl (C=O) groups is 1. The smallest absolute Gasteiger partial charge is 0.416 e. The fourth-order valence-corrected chi connectivity index (χ4v) is 4.28. The van der Waals surface area contributed by atoms with Crippen LogP contribution in [0.4, 0.5) is 18.9 Å². The van der Waals surface area contributed by atoms with Gasteiger partial charge in [0.2, 0.25) is 5.91 Å². The first-order valence-corrected chi connectivity index (χ1v) is 10.2. The van der Waals surface area contributed by atoms with E-state index in [1.807, 2.05) is 18.2 Å². The molecule has 162 valence electrons. The zero-order chi connectivity index (χ0) is 21.6. The first kappa shape index (κ1) is 19.9.